The lowest BCUT2D eigenvalue weighted by Gasteiger charge is -2.00. The number of aromatic amines is 1. The molecular formula is C16H11ClN6O. The van der Waals surface area contributed by atoms with Crippen LogP contribution >= 0.6 is 11.6 Å². The third kappa shape index (κ3) is 2.97. The van der Waals surface area contributed by atoms with Gasteiger partial charge in [0, 0.05) is 29.7 Å². The summed E-state index contributed by atoms with van der Waals surface area (Å²) in [4.78, 5) is 11.4. The molecule has 8 heteroatoms. The van der Waals surface area contributed by atoms with E-state index in [1.54, 1.807) is 35.4 Å². The van der Waals surface area contributed by atoms with Crippen molar-refractivity contribution in [3.63, 3.8) is 0 Å². The van der Waals surface area contributed by atoms with E-state index in [0.29, 0.717) is 22.6 Å². The van der Waals surface area contributed by atoms with Crippen molar-refractivity contribution in [2.75, 3.05) is 0 Å². The van der Waals surface area contributed by atoms with Gasteiger partial charge >= 0.3 is 0 Å². The number of rotatable bonds is 4. The summed E-state index contributed by atoms with van der Waals surface area (Å²) in [7, 11) is 0. The van der Waals surface area contributed by atoms with Gasteiger partial charge in [0.25, 0.3) is 5.89 Å². The number of hydrogen-bond donors (Lipinski definition) is 1. The maximum atomic E-state index is 6.00. The van der Waals surface area contributed by atoms with Gasteiger partial charge in [0.15, 0.2) is 0 Å². The van der Waals surface area contributed by atoms with Crippen LogP contribution in [0.1, 0.15) is 11.7 Å². The lowest BCUT2D eigenvalue weighted by Crippen LogP contribution is -1.93. The molecule has 0 amide bonds. The van der Waals surface area contributed by atoms with Gasteiger partial charge in [-0.3, -0.25) is 0 Å². The van der Waals surface area contributed by atoms with E-state index in [9.17, 15) is 0 Å². The fourth-order valence-electron chi connectivity index (χ4n) is 2.14. The van der Waals surface area contributed by atoms with Crippen molar-refractivity contribution in [2.45, 2.75) is 0 Å². The molecule has 0 unspecified atom stereocenters. The Morgan fingerprint density at radius 3 is 3.04 bits per heavy atom. The molecular weight excluding hydrogens is 328 g/mol. The smallest absolute Gasteiger partial charge is 0.251 e. The summed E-state index contributed by atoms with van der Waals surface area (Å²) in [5, 5.41) is 8.91. The molecule has 0 saturated carbocycles. The van der Waals surface area contributed by atoms with Crippen LogP contribution in [0.5, 0.6) is 0 Å². The standard InChI is InChI=1S/C16H11ClN6O/c17-12-2-1-3-13(8-12)23-10-11(9-20-23)16-21-15(24-22-16)5-4-14-18-6-7-19-14/h1-10H,(H,18,19)/b5-4+. The van der Waals surface area contributed by atoms with E-state index in [0.717, 1.165) is 11.3 Å². The highest BCUT2D eigenvalue weighted by atomic mass is 35.5. The fraction of sp³-hybridized carbons (Fsp3) is 0. The third-order valence-electron chi connectivity index (χ3n) is 3.26. The first-order valence-corrected chi connectivity index (χ1v) is 7.48. The number of nitrogens with one attached hydrogen (secondary N) is 1. The maximum Gasteiger partial charge on any atom is 0.251 e. The molecule has 0 aliphatic carbocycles. The van der Waals surface area contributed by atoms with Crippen LogP contribution < -0.4 is 0 Å². The Labute approximate surface area is 141 Å². The maximum absolute atomic E-state index is 6.00. The monoisotopic (exact) mass is 338 g/mol. The first-order valence-electron chi connectivity index (χ1n) is 7.10. The summed E-state index contributed by atoms with van der Waals surface area (Å²) < 4.78 is 6.91. The van der Waals surface area contributed by atoms with Gasteiger partial charge in [-0.1, -0.05) is 22.8 Å². The second kappa shape index (κ2) is 6.13. The van der Waals surface area contributed by atoms with Crippen LogP contribution in [0, 0.1) is 0 Å². The molecule has 0 bridgehead atoms. The molecule has 0 radical (unpaired) electrons. The average molecular weight is 339 g/mol. The van der Waals surface area contributed by atoms with Gasteiger partial charge in [-0.2, -0.15) is 10.1 Å². The van der Waals surface area contributed by atoms with E-state index in [1.165, 1.54) is 0 Å². The van der Waals surface area contributed by atoms with Gasteiger partial charge in [-0.05, 0) is 24.3 Å². The predicted molar refractivity (Wildman–Crippen MR) is 89.4 cm³/mol. The molecule has 24 heavy (non-hydrogen) atoms. The van der Waals surface area contributed by atoms with Crippen LogP contribution in [-0.4, -0.2) is 29.9 Å². The summed E-state index contributed by atoms with van der Waals surface area (Å²) in [6, 6.07) is 7.42. The average Bonchev–Trinajstić information content (AvgIpc) is 3.33. The topological polar surface area (TPSA) is 85.4 Å². The molecule has 0 fully saturated rings. The first-order chi connectivity index (χ1) is 11.8. The van der Waals surface area contributed by atoms with Crippen LogP contribution in [0.4, 0.5) is 0 Å². The van der Waals surface area contributed by atoms with Gasteiger partial charge in [-0.15, -0.1) is 0 Å². The zero-order valence-corrected chi connectivity index (χ0v) is 13.1. The minimum Gasteiger partial charge on any atom is -0.345 e. The van der Waals surface area contributed by atoms with E-state index in [-0.39, 0.29) is 0 Å². The normalized spacial score (nSPS) is 11.4. The zero-order chi connectivity index (χ0) is 16.4. The number of benzene rings is 1. The van der Waals surface area contributed by atoms with Crippen molar-refractivity contribution in [3.8, 4) is 17.1 Å². The molecule has 3 heterocycles. The Morgan fingerprint density at radius 2 is 2.21 bits per heavy atom. The van der Waals surface area contributed by atoms with E-state index in [4.69, 9.17) is 16.1 Å². The molecule has 7 nitrogen and oxygen atoms in total. The van der Waals surface area contributed by atoms with Gasteiger partial charge in [0.2, 0.25) is 5.82 Å². The highest BCUT2D eigenvalue weighted by Crippen LogP contribution is 2.19. The Balaban J connectivity index is 1.57. The molecule has 0 atom stereocenters. The van der Waals surface area contributed by atoms with Gasteiger partial charge in [0.05, 0.1) is 17.4 Å². The van der Waals surface area contributed by atoms with Gasteiger partial charge in [0.1, 0.15) is 5.82 Å². The first kappa shape index (κ1) is 14.4. The van der Waals surface area contributed by atoms with E-state index in [1.807, 2.05) is 30.5 Å². The highest BCUT2D eigenvalue weighted by molar-refractivity contribution is 6.30. The molecule has 4 aromatic rings. The lowest BCUT2D eigenvalue weighted by molar-refractivity contribution is 0.411. The van der Waals surface area contributed by atoms with E-state index < -0.39 is 0 Å². The number of aromatic nitrogens is 6. The van der Waals surface area contributed by atoms with Gasteiger partial charge in [-0.25, -0.2) is 9.67 Å². The summed E-state index contributed by atoms with van der Waals surface area (Å²) in [6.07, 6.45) is 10.3. The summed E-state index contributed by atoms with van der Waals surface area (Å²) >= 11 is 6.00. The van der Waals surface area contributed by atoms with Crippen molar-refractivity contribution in [1.82, 2.24) is 29.9 Å². The SMILES string of the molecule is Clc1cccc(-n2cc(-c3noc(/C=C/c4ncc[nH]4)n3)cn2)c1. The Kier molecular flexibility index (Phi) is 3.68. The van der Waals surface area contributed by atoms with E-state index >= 15 is 0 Å². The lowest BCUT2D eigenvalue weighted by atomic mass is 10.3. The summed E-state index contributed by atoms with van der Waals surface area (Å²) in [5.41, 5.74) is 1.60. The van der Waals surface area contributed by atoms with Crippen LogP contribution in [0.2, 0.25) is 5.02 Å². The molecule has 1 aromatic carbocycles. The van der Waals surface area contributed by atoms with Crippen LogP contribution in [0.25, 0.3) is 29.2 Å². The molecule has 118 valence electrons. The Morgan fingerprint density at radius 1 is 1.25 bits per heavy atom. The molecule has 4 rings (SSSR count). The van der Waals surface area contributed by atoms with Crippen LogP contribution in [-0.2, 0) is 0 Å². The molecule has 0 spiro atoms. The van der Waals surface area contributed by atoms with Gasteiger partial charge < -0.3 is 9.51 Å². The van der Waals surface area contributed by atoms with Crippen molar-refractivity contribution in [3.05, 3.63) is 65.8 Å². The highest BCUT2D eigenvalue weighted by Gasteiger charge is 2.10. The predicted octanol–water partition coefficient (Wildman–Crippen LogP) is 3.47. The third-order valence-corrected chi connectivity index (χ3v) is 3.49. The Bertz CT molecular complexity index is 986. The van der Waals surface area contributed by atoms with Crippen molar-refractivity contribution in [2.24, 2.45) is 0 Å². The number of halogens is 1. The largest absolute Gasteiger partial charge is 0.345 e. The number of imidazole rings is 1. The quantitative estimate of drug-likeness (QED) is 0.615. The Hall–Kier alpha value is -3.19. The van der Waals surface area contributed by atoms with Crippen molar-refractivity contribution in [1.29, 1.82) is 0 Å². The molecule has 1 N–H and O–H groups in total. The summed E-state index contributed by atoms with van der Waals surface area (Å²) in [6.45, 7) is 0. The minimum absolute atomic E-state index is 0.386. The number of hydrogen-bond acceptors (Lipinski definition) is 5. The van der Waals surface area contributed by atoms with E-state index in [2.05, 4.69) is 25.2 Å². The van der Waals surface area contributed by atoms with Crippen LogP contribution in [0.15, 0.2) is 53.6 Å². The molecule has 0 aliphatic rings. The molecule has 3 aromatic heterocycles. The minimum atomic E-state index is 0.386. The van der Waals surface area contributed by atoms with Crippen molar-refractivity contribution < 1.29 is 4.52 Å². The fourth-order valence-corrected chi connectivity index (χ4v) is 2.32. The zero-order valence-electron chi connectivity index (χ0n) is 12.3. The molecule has 0 aliphatic heterocycles. The second-order valence-electron chi connectivity index (χ2n) is 4.92. The van der Waals surface area contributed by atoms with Crippen molar-refractivity contribution >= 4 is 23.8 Å². The number of nitrogens with zero attached hydrogens (tertiary/aromatic N) is 5. The molecule has 0 saturated heterocycles. The second-order valence-corrected chi connectivity index (χ2v) is 5.35. The van der Waals surface area contributed by atoms with Crippen LogP contribution in [0.3, 0.4) is 0 Å². The number of H-pyrrole nitrogens is 1. The summed E-state index contributed by atoms with van der Waals surface area (Å²) in [5.74, 6) is 1.56.